The number of aromatic nitrogens is 2. The number of nitrogens with one attached hydrogen (secondary N) is 2. The summed E-state index contributed by atoms with van der Waals surface area (Å²) in [6, 6.07) is 14.2. The fourth-order valence-electron chi connectivity index (χ4n) is 4.56. The highest BCUT2D eigenvalue weighted by molar-refractivity contribution is 5.85. The minimum atomic E-state index is -0.908. The lowest BCUT2D eigenvalue weighted by molar-refractivity contribution is -0.0558. The van der Waals surface area contributed by atoms with E-state index in [1.165, 1.54) is 19.3 Å². The average molecular weight is 389 g/mol. The summed E-state index contributed by atoms with van der Waals surface area (Å²) in [5, 5.41) is 10.6. The number of hydrogen-bond donors (Lipinski definition) is 3. The molecule has 1 aromatic heterocycles. The topological polar surface area (TPSA) is 70.2 Å². The molecule has 1 aliphatic heterocycles. The van der Waals surface area contributed by atoms with Crippen LogP contribution in [0.1, 0.15) is 57.3 Å². The maximum atomic E-state index is 10.6. The van der Waals surface area contributed by atoms with Gasteiger partial charge < -0.3 is 10.1 Å². The van der Waals surface area contributed by atoms with Crippen molar-refractivity contribution >= 4 is 16.7 Å². The molecule has 0 radical (unpaired) electrons. The van der Waals surface area contributed by atoms with Crippen molar-refractivity contribution < 1.29 is 9.94 Å². The van der Waals surface area contributed by atoms with Gasteiger partial charge in [0.1, 0.15) is 11.3 Å². The van der Waals surface area contributed by atoms with Crippen molar-refractivity contribution in [2.24, 2.45) is 0 Å². The molecule has 5 nitrogen and oxygen atoms in total. The van der Waals surface area contributed by atoms with Crippen LogP contribution in [0.15, 0.2) is 48.5 Å². The van der Waals surface area contributed by atoms with E-state index in [1.807, 2.05) is 44.2 Å². The average Bonchev–Trinajstić information content (AvgIpc) is 3.32. The van der Waals surface area contributed by atoms with Crippen molar-refractivity contribution in [2.75, 3.05) is 0 Å². The van der Waals surface area contributed by atoms with Crippen LogP contribution in [0.5, 0.6) is 0 Å². The second-order valence-electron chi connectivity index (χ2n) is 8.81. The molecule has 29 heavy (non-hydrogen) atoms. The van der Waals surface area contributed by atoms with Gasteiger partial charge in [-0.1, -0.05) is 49.6 Å². The molecule has 1 aliphatic carbocycles. The van der Waals surface area contributed by atoms with Crippen LogP contribution >= 0.6 is 0 Å². The van der Waals surface area contributed by atoms with Crippen LogP contribution in [0.25, 0.3) is 27.9 Å². The van der Waals surface area contributed by atoms with Crippen LogP contribution in [0.3, 0.4) is 0 Å². The van der Waals surface area contributed by atoms with E-state index in [4.69, 9.17) is 9.82 Å². The van der Waals surface area contributed by atoms with Crippen LogP contribution < -0.4 is 5.48 Å². The van der Waals surface area contributed by atoms with Crippen LogP contribution in [0.4, 0.5) is 0 Å². The number of aliphatic hydroxyl groups is 1. The molecule has 3 N–H and O–H groups in total. The maximum Gasteiger partial charge on any atom is 0.156 e. The van der Waals surface area contributed by atoms with E-state index < -0.39 is 5.60 Å². The van der Waals surface area contributed by atoms with Gasteiger partial charge in [-0.2, -0.15) is 0 Å². The Balaban J connectivity index is 1.52. The Labute approximate surface area is 170 Å². The lowest BCUT2D eigenvalue weighted by Crippen LogP contribution is -2.31. The number of nitrogens with zero attached hydrogens (tertiary/aromatic N) is 1. The van der Waals surface area contributed by atoms with Gasteiger partial charge in [0.15, 0.2) is 5.82 Å². The standard InChI is InChI=1S/C24H27N3O2/c1-23(2,28)18-9-5-4-8-17(18)16-10-11-19-20(14-16)26-22(25-19)21-15-24(29-27-21)12-6-3-7-13-24/h4-5,8-11,14-15,27-28H,3,6-7,12-13H2,1-2H3,(H,25,26). The summed E-state index contributed by atoms with van der Waals surface area (Å²) in [5.41, 5.74) is 7.81. The normalized spacial score (nSPS) is 18.8. The van der Waals surface area contributed by atoms with Gasteiger partial charge in [-0.3, -0.25) is 10.3 Å². The number of benzene rings is 2. The third kappa shape index (κ3) is 3.34. The lowest BCUT2D eigenvalue weighted by Gasteiger charge is -2.29. The van der Waals surface area contributed by atoms with E-state index in [-0.39, 0.29) is 5.60 Å². The van der Waals surface area contributed by atoms with Gasteiger partial charge in [0, 0.05) is 0 Å². The zero-order valence-electron chi connectivity index (χ0n) is 17.0. The molecule has 150 valence electrons. The molecule has 5 heteroatoms. The third-order valence-corrected chi connectivity index (χ3v) is 6.11. The number of H-pyrrole nitrogens is 1. The Bertz CT molecular complexity index is 1080. The van der Waals surface area contributed by atoms with Gasteiger partial charge in [-0.15, -0.1) is 0 Å². The van der Waals surface area contributed by atoms with Crippen molar-refractivity contribution in [3.05, 3.63) is 59.9 Å². The van der Waals surface area contributed by atoms with Crippen LogP contribution in [0.2, 0.25) is 0 Å². The van der Waals surface area contributed by atoms with E-state index in [1.54, 1.807) is 0 Å². The molecule has 0 atom stereocenters. The highest BCUT2D eigenvalue weighted by Crippen LogP contribution is 2.38. The monoisotopic (exact) mass is 389 g/mol. The van der Waals surface area contributed by atoms with Crippen LogP contribution in [-0.2, 0) is 10.4 Å². The first kappa shape index (κ1) is 18.4. The second kappa shape index (κ2) is 6.71. The Morgan fingerprint density at radius 1 is 1.07 bits per heavy atom. The second-order valence-corrected chi connectivity index (χ2v) is 8.81. The summed E-state index contributed by atoms with van der Waals surface area (Å²) >= 11 is 0. The Hall–Kier alpha value is -2.63. The fourth-order valence-corrected chi connectivity index (χ4v) is 4.56. The summed E-state index contributed by atoms with van der Waals surface area (Å²) in [6.07, 6.45) is 8.01. The number of aromatic amines is 1. The number of hydroxylamine groups is 1. The zero-order chi connectivity index (χ0) is 20.1. The Morgan fingerprint density at radius 3 is 2.66 bits per heavy atom. The van der Waals surface area contributed by atoms with Crippen LogP contribution in [-0.4, -0.2) is 20.7 Å². The van der Waals surface area contributed by atoms with Crippen molar-refractivity contribution in [2.45, 2.75) is 57.2 Å². The smallest absolute Gasteiger partial charge is 0.156 e. The fraction of sp³-hybridized carbons (Fsp3) is 0.375. The lowest BCUT2D eigenvalue weighted by atomic mass is 9.84. The predicted molar refractivity (Wildman–Crippen MR) is 115 cm³/mol. The maximum absolute atomic E-state index is 10.6. The molecule has 0 unspecified atom stereocenters. The number of rotatable bonds is 3. The number of imidazole rings is 1. The highest BCUT2D eigenvalue weighted by Gasteiger charge is 2.37. The molecule has 2 heterocycles. The summed E-state index contributed by atoms with van der Waals surface area (Å²) in [7, 11) is 0. The van der Waals surface area contributed by atoms with E-state index in [0.717, 1.165) is 52.1 Å². The quantitative estimate of drug-likeness (QED) is 0.587. The van der Waals surface area contributed by atoms with Gasteiger partial charge in [0.2, 0.25) is 0 Å². The van der Waals surface area contributed by atoms with Gasteiger partial charge in [0.25, 0.3) is 0 Å². The minimum absolute atomic E-state index is 0.177. The first-order valence-electron chi connectivity index (χ1n) is 10.4. The summed E-state index contributed by atoms with van der Waals surface area (Å²) in [4.78, 5) is 14.2. The van der Waals surface area contributed by atoms with E-state index in [9.17, 15) is 5.11 Å². The highest BCUT2D eigenvalue weighted by atomic mass is 16.7. The Kier molecular flexibility index (Phi) is 4.26. The van der Waals surface area contributed by atoms with Crippen molar-refractivity contribution in [1.29, 1.82) is 0 Å². The molecular formula is C24H27N3O2. The van der Waals surface area contributed by atoms with Gasteiger partial charge in [-0.25, -0.2) is 4.98 Å². The molecule has 0 saturated heterocycles. The molecule has 5 rings (SSSR count). The first-order valence-corrected chi connectivity index (χ1v) is 10.4. The molecule has 3 aromatic rings. The Morgan fingerprint density at radius 2 is 1.86 bits per heavy atom. The van der Waals surface area contributed by atoms with Crippen LogP contribution in [0, 0.1) is 0 Å². The van der Waals surface area contributed by atoms with E-state index in [2.05, 4.69) is 28.7 Å². The summed E-state index contributed by atoms with van der Waals surface area (Å²) in [5.74, 6) is 0.801. The number of hydrogen-bond acceptors (Lipinski definition) is 4. The summed E-state index contributed by atoms with van der Waals surface area (Å²) in [6.45, 7) is 3.63. The predicted octanol–water partition coefficient (Wildman–Crippen LogP) is 5.04. The van der Waals surface area contributed by atoms with Crippen molar-refractivity contribution in [3.8, 4) is 11.1 Å². The minimum Gasteiger partial charge on any atom is -0.386 e. The zero-order valence-corrected chi connectivity index (χ0v) is 17.0. The van der Waals surface area contributed by atoms with Gasteiger partial charge in [0.05, 0.1) is 16.6 Å². The molecule has 2 aromatic carbocycles. The van der Waals surface area contributed by atoms with Crippen molar-refractivity contribution in [3.63, 3.8) is 0 Å². The molecular weight excluding hydrogens is 362 g/mol. The first-order chi connectivity index (χ1) is 13.9. The van der Waals surface area contributed by atoms with E-state index >= 15 is 0 Å². The molecule has 2 aliphatic rings. The SMILES string of the molecule is CC(C)(O)c1ccccc1-c1ccc2nc(C3=CC4(CCCCC4)ON3)[nH]c2c1. The molecule has 0 amide bonds. The molecule has 1 saturated carbocycles. The third-order valence-electron chi connectivity index (χ3n) is 6.11. The molecule has 1 spiro atoms. The molecule has 1 fully saturated rings. The number of fused-ring (bicyclic) bond motifs is 1. The van der Waals surface area contributed by atoms with Gasteiger partial charge in [-0.05, 0) is 61.6 Å². The largest absolute Gasteiger partial charge is 0.386 e. The molecule has 0 bridgehead atoms. The van der Waals surface area contributed by atoms with Gasteiger partial charge >= 0.3 is 0 Å². The summed E-state index contributed by atoms with van der Waals surface area (Å²) < 4.78 is 0. The van der Waals surface area contributed by atoms with Crippen molar-refractivity contribution in [1.82, 2.24) is 15.4 Å². The van der Waals surface area contributed by atoms with E-state index in [0.29, 0.717) is 0 Å².